The van der Waals surface area contributed by atoms with Crippen LogP contribution in [0.15, 0.2) is 82.6 Å². The molecule has 8 rings (SSSR count). The average molecular weight is 948 g/mol. The Labute approximate surface area is 389 Å². The number of urea groups is 1. The van der Waals surface area contributed by atoms with Crippen LogP contribution in [0.3, 0.4) is 0 Å². The highest BCUT2D eigenvalue weighted by Crippen LogP contribution is 2.36. The van der Waals surface area contributed by atoms with Crippen LogP contribution in [0.25, 0.3) is 0 Å². The fourth-order valence-electron chi connectivity index (χ4n) is 7.33. The van der Waals surface area contributed by atoms with E-state index in [9.17, 15) is 33.6 Å². The van der Waals surface area contributed by atoms with Crippen LogP contribution >= 0.6 is 46.7 Å². The maximum atomic E-state index is 12.9. The van der Waals surface area contributed by atoms with E-state index in [0.29, 0.717) is 72.3 Å². The maximum Gasteiger partial charge on any atom is 0.319 e. The van der Waals surface area contributed by atoms with Gasteiger partial charge in [0.25, 0.3) is 11.8 Å². The van der Waals surface area contributed by atoms with Crippen molar-refractivity contribution in [3.8, 4) is 0 Å². The van der Waals surface area contributed by atoms with E-state index in [1.54, 1.807) is 47.0 Å². The maximum absolute atomic E-state index is 12.9. The zero-order valence-electron chi connectivity index (χ0n) is 35.1. The molecule has 2 fully saturated rings. The summed E-state index contributed by atoms with van der Waals surface area (Å²) in [5, 5.41) is 11.5. The molecule has 0 aliphatic carbocycles. The summed E-state index contributed by atoms with van der Waals surface area (Å²) in [4.78, 5) is 89.6. The number of benzene rings is 4. The van der Waals surface area contributed by atoms with E-state index in [4.69, 9.17) is 34.7 Å². The van der Waals surface area contributed by atoms with E-state index in [1.807, 2.05) is 56.3 Å². The van der Waals surface area contributed by atoms with E-state index in [1.165, 1.54) is 16.7 Å². The first kappa shape index (κ1) is 47.9. The van der Waals surface area contributed by atoms with Gasteiger partial charge in [-0.05, 0) is 97.5 Å². The number of piperidine rings is 2. The summed E-state index contributed by atoms with van der Waals surface area (Å²) in [7, 11) is 0. The normalized spacial score (nSPS) is 17.6. The number of hydrogen-bond acceptors (Lipinski definition) is 11. The topological polar surface area (TPSA) is 226 Å². The van der Waals surface area contributed by atoms with Crippen molar-refractivity contribution in [2.75, 3.05) is 35.6 Å². The second kappa shape index (κ2) is 21.9. The van der Waals surface area contributed by atoms with Crippen LogP contribution in [-0.2, 0) is 32.3 Å². The Bertz CT molecular complexity index is 2490. The highest BCUT2D eigenvalue weighted by Gasteiger charge is 2.41. The number of carbonyl (C=O) groups is 7. The first-order chi connectivity index (χ1) is 30.6. The fraction of sp³-hybridized carbons (Fsp3) is 0.311. The third-order valence-electron chi connectivity index (χ3n) is 10.7. The van der Waals surface area contributed by atoms with Crippen LogP contribution in [0.2, 0.25) is 10.0 Å². The average Bonchev–Trinajstić information content (AvgIpc) is 3.78. The lowest BCUT2D eigenvalue weighted by atomic mass is 10.0. The van der Waals surface area contributed by atoms with Crippen LogP contribution in [0.5, 0.6) is 0 Å². The minimum absolute atomic E-state index is 0.139. The van der Waals surface area contributed by atoms with Crippen LogP contribution in [0.1, 0.15) is 68.7 Å². The number of hydrogen-bond donors (Lipinski definition) is 6. The molecular formula is C45H48Cl2N8O7S2. The Kier molecular flexibility index (Phi) is 16.4. The molecule has 8 amide bonds. The molecular weight excluding hydrogens is 900 g/mol. The number of anilines is 2. The number of thioether (sulfide) groups is 2. The van der Waals surface area contributed by atoms with Gasteiger partial charge >= 0.3 is 6.03 Å². The van der Waals surface area contributed by atoms with Gasteiger partial charge in [-0.15, -0.1) is 23.5 Å². The quantitative estimate of drug-likeness (QED) is 0.0464. The largest absolute Gasteiger partial charge is 0.399 e. The minimum atomic E-state index is -0.638. The Hall–Kier alpha value is -5.59. The van der Waals surface area contributed by atoms with Crippen molar-refractivity contribution >= 4 is 99.6 Å². The number of nitrogens with two attached hydrogens (primary N) is 2. The van der Waals surface area contributed by atoms with Gasteiger partial charge < -0.3 is 31.9 Å². The van der Waals surface area contributed by atoms with Crippen molar-refractivity contribution in [2.45, 2.75) is 74.5 Å². The lowest BCUT2D eigenvalue weighted by molar-refractivity contribution is -0.138. The third-order valence-corrected chi connectivity index (χ3v) is 13.8. The number of nitrogens with one attached hydrogen (secondary N) is 4. The second-order valence-corrected chi connectivity index (χ2v) is 18.3. The standard InChI is InChI=1S/C23H23ClN4O4S.C15H17N3O3S.C7H8ClN/c1-13-5-6-14(11-17(13)24)26-23(32)25-9-10-33-19-4-2-3-15-16(19)12-28(22(15)31)18-7-8-20(29)27-21(18)30;16-6-7-22-12-3-1-2-9-10(12)8-18(15(9)21)11-4-5-13(19)17-14(11)20;1-5-2-3-6(9)4-7(5)8/h2-6,11,18H,7-10,12H2,1H3,(H2,25,26,32)(H,27,29,30);1-3,11H,4-8,16H2,(H,17,19,20);2-4H,9H2,1H3. The predicted octanol–water partition coefficient (Wildman–Crippen LogP) is 6.05. The number of carbonyl (C=O) groups excluding carboxylic acids is 7. The summed E-state index contributed by atoms with van der Waals surface area (Å²) in [6.07, 6.45) is 1.21. The van der Waals surface area contributed by atoms with Crippen LogP contribution in [0.4, 0.5) is 16.2 Å². The summed E-state index contributed by atoms with van der Waals surface area (Å²) in [5.41, 5.74) is 17.4. The van der Waals surface area contributed by atoms with Crippen molar-refractivity contribution in [3.05, 3.63) is 116 Å². The monoisotopic (exact) mass is 946 g/mol. The summed E-state index contributed by atoms with van der Waals surface area (Å²) in [6, 6.07) is 20.4. The Morgan fingerprint density at radius 3 is 1.69 bits per heavy atom. The lowest BCUT2D eigenvalue weighted by Gasteiger charge is -2.29. The van der Waals surface area contributed by atoms with Crippen molar-refractivity contribution < 1.29 is 33.6 Å². The minimum Gasteiger partial charge on any atom is -0.399 e. The number of fused-ring (bicyclic) bond motifs is 2. The molecule has 4 aliphatic rings. The molecule has 0 spiro atoms. The van der Waals surface area contributed by atoms with Crippen LogP contribution in [0, 0.1) is 13.8 Å². The molecule has 0 bridgehead atoms. The second-order valence-electron chi connectivity index (χ2n) is 15.2. The molecule has 0 aromatic heterocycles. The van der Waals surface area contributed by atoms with Gasteiger partial charge in [-0.2, -0.15) is 0 Å². The van der Waals surface area contributed by atoms with Crippen molar-refractivity contribution in [1.82, 2.24) is 25.8 Å². The number of halogens is 2. The molecule has 336 valence electrons. The number of nitrogen functional groups attached to an aromatic ring is 1. The molecule has 0 radical (unpaired) electrons. The molecule has 4 aromatic rings. The Morgan fingerprint density at radius 1 is 0.719 bits per heavy atom. The lowest BCUT2D eigenvalue weighted by Crippen LogP contribution is -2.52. The fourth-order valence-corrected chi connectivity index (χ4v) is 9.51. The van der Waals surface area contributed by atoms with E-state index < -0.39 is 18.0 Å². The van der Waals surface area contributed by atoms with Crippen molar-refractivity contribution in [3.63, 3.8) is 0 Å². The first-order valence-corrected chi connectivity index (χ1v) is 23.2. The molecule has 8 N–H and O–H groups in total. The van der Waals surface area contributed by atoms with Gasteiger partial charge in [-0.1, -0.05) is 47.5 Å². The van der Waals surface area contributed by atoms with E-state index in [-0.39, 0.29) is 48.4 Å². The van der Waals surface area contributed by atoms with Gasteiger partial charge in [0, 0.05) is 92.9 Å². The number of amides is 8. The third kappa shape index (κ3) is 11.7. The van der Waals surface area contributed by atoms with Crippen LogP contribution < -0.4 is 32.7 Å². The summed E-state index contributed by atoms with van der Waals surface area (Å²) >= 11 is 15.0. The van der Waals surface area contributed by atoms with Crippen LogP contribution in [-0.4, -0.2) is 88.0 Å². The molecule has 15 nitrogen and oxygen atoms in total. The van der Waals surface area contributed by atoms with E-state index in [0.717, 1.165) is 42.8 Å². The SMILES string of the molecule is Cc1ccc(N)cc1Cl.Cc1ccc(NC(=O)NCCSc2cccc3c2CN(C2CCC(=O)NC2=O)C3=O)cc1Cl.NCCSc1cccc2c1CN(C1CCC(=O)NC1=O)C2=O. The molecule has 4 aromatic carbocycles. The van der Waals surface area contributed by atoms with Gasteiger partial charge in [-0.25, -0.2) is 4.79 Å². The smallest absolute Gasteiger partial charge is 0.319 e. The highest BCUT2D eigenvalue weighted by molar-refractivity contribution is 7.99. The number of rotatable bonds is 10. The number of imide groups is 2. The van der Waals surface area contributed by atoms with E-state index >= 15 is 0 Å². The zero-order chi connectivity index (χ0) is 46.1. The summed E-state index contributed by atoms with van der Waals surface area (Å²) in [5.74, 6) is -0.340. The Balaban J connectivity index is 0.000000187. The molecule has 64 heavy (non-hydrogen) atoms. The van der Waals surface area contributed by atoms with Gasteiger partial charge in [0.15, 0.2) is 0 Å². The molecule has 2 atom stereocenters. The molecule has 4 heterocycles. The molecule has 4 aliphatic heterocycles. The first-order valence-electron chi connectivity index (χ1n) is 20.5. The van der Waals surface area contributed by atoms with Gasteiger partial charge in [0.1, 0.15) is 12.1 Å². The number of nitrogens with zero attached hydrogens (tertiary/aromatic N) is 2. The highest BCUT2D eigenvalue weighted by atomic mass is 35.5. The zero-order valence-corrected chi connectivity index (χ0v) is 38.3. The summed E-state index contributed by atoms with van der Waals surface area (Å²) < 4.78 is 0. The van der Waals surface area contributed by atoms with Gasteiger partial charge in [0.05, 0.1) is 0 Å². The van der Waals surface area contributed by atoms with Crippen molar-refractivity contribution in [2.24, 2.45) is 5.73 Å². The van der Waals surface area contributed by atoms with Gasteiger partial charge in [0.2, 0.25) is 23.6 Å². The summed E-state index contributed by atoms with van der Waals surface area (Å²) in [6.45, 7) is 5.56. The Morgan fingerprint density at radius 2 is 1.22 bits per heavy atom. The van der Waals surface area contributed by atoms with Gasteiger partial charge in [-0.3, -0.25) is 39.4 Å². The van der Waals surface area contributed by atoms with E-state index in [2.05, 4.69) is 21.3 Å². The molecule has 0 saturated carbocycles. The molecule has 19 heteroatoms. The molecule has 2 saturated heterocycles. The van der Waals surface area contributed by atoms with Crippen molar-refractivity contribution in [1.29, 1.82) is 0 Å². The molecule has 2 unspecified atom stereocenters. The number of aryl methyl sites for hydroxylation is 2. The predicted molar refractivity (Wildman–Crippen MR) is 249 cm³/mol.